The Balaban J connectivity index is 1.83. The summed E-state index contributed by atoms with van der Waals surface area (Å²) in [5.74, 6) is -1.07. The number of ether oxygens (including phenoxy) is 4. The van der Waals surface area contributed by atoms with E-state index in [1.807, 2.05) is 0 Å². The van der Waals surface area contributed by atoms with E-state index in [9.17, 15) is 4.79 Å². The van der Waals surface area contributed by atoms with Crippen LogP contribution in [0.25, 0.3) is 0 Å². The number of rotatable bonds is 10. The second-order valence-electron chi connectivity index (χ2n) is 8.10. The van der Waals surface area contributed by atoms with Crippen LogP contribution in [0.3, 0.4) is 0 Å². The van der Waals surface area contributed by atoms with Crippen molar-refractivity contribution in [2.24, 2.45) is 0 Å². The predicted molar refractivity (Wildman–Crippen MR) is 105 cm³/mol. The number of esters is 1. The summed E-state index contributed by atoms with van der Waals surface area (Å²) in [5.41, 5.74) is 3.19. The highest BCUT2D eigenvalue weighted by atomic mass is 16.7. The lowest BCUT2D eigenvalue weighted by molar-refractivity contribution is -0.201. The van der Waals surface area contributed by atoms with Crippen molar-refractivity contribution in [3.8, 4) is 0 Å². The summed E-state index contributed by atoms with van der Waals surface area (Å²) in [7, 11) is 3.07. The van der Waals surface area contributed by atoms with E-state index in [0.717, 1.165) is 25.7 Å². The quantitative estimate of drug-likeness (QED) is 0.310. The SMILES string of the molecule is COC1=C(C)C(=O)OC1(CC=C(C)CCC=C(C)CCC1OC1(C)C)OC. The lowest BCUT2D eigenvalue weighted by atomic mass is 10.0. The van der Waals surface area contributed by atoms with Gasteiger partial charge in [0.2, 0.25) is 0 Å². The third-order valence-electron chi connectivity index (χ3n) is 5.50. The van der Waals surface area contributed by atoms with Crippen LogP contribution in [0.4, 0.5) is 0 Å². The van der Waals surface area contributed by atoms with Crippen LogP contribution >= 0.6 is 0 Å². The molecule has 1 saturated heterocycles. The van der Waals surface area contributed by atoms with Gasteiger partial charge >= 0.3 is 5.97 Å². The van der Waals surface area contributed by atoms with E-state index >= 15 is 0 Å². The number of carbonyl (C=O) groups excluding carboxylic acids is 1. The molecule has 0 bridgehead atoms. The Hall–Kier alpha value is -1.59. The zero-order valence-electron chi connectivity index (χ0n) is 17.8. The molecule has 0 aliphatic carbocycles. The minimum Gasteiger partial charge on any atom is -0.494 e. The van der Waals surface area contributed by atoms with Gasteiger partial charge in [0.05, 0.1) is 24.4 Å². The van der Waals surface area contributed by atoms with Crippen LogP contribution in [0.1, 0.15) is 66.7 Å². The van der Waals surface area contributed by atoms with E-state index in [2.05, 4.69) is 39.8 Å². The summed E-state index contributed by atoms with van der Waals surface area (Å²) < 4.78 is 22.0. The molecular weight excluding hydrogens is 344 g/mol. The second-order valence-corrected chi connectivity index (χ2v) is 8.10. The number of cyclic esters (lactones) is 1. The summed E-state index contributed by atoms with van der Waals surface area (Å²) >= 11 is 0. The molecule has 0 saturated carbocycles. The monoisotopic (exact) mass is 378 g/mol. The van der Waals surface area contributed by atoms with Crippen molar-refractivity contribution >= 4 is 5.97 Å². The fraction of sp³-hybridized carbons (Fsp3) is 0.682. The molecule has 0 aromatic rings. The first-order chi connectivity index (χ1) is 12.6. The molecular formula is C22H34O5. The highest BCUT2D eigenvalue weighted by Gasteiger charge is 2.48. The van der Waals surface area contributed by atoms with Crippen LogP contribution in [-0.2, 0) is 23.7 Å². The summed E-state index contributed by atoms with van der Waals surface area (Å²) in [6.07, 6.45) is 9.36. The molecule has 5 heteroatoms. The van der Waals surface area contributed by atoms with E-state index < -0.39 is 5.79 Å². The fourth-order valence-electron chi connectivity index (χ4n) is 3.47. The van der Waals surface area contributed by atoms with Crippen LogP contribution in [0.15, 0.2) is 34.6 Å². The molecule has 2 unspecified atom stereocenters. The van der Waals surface area contributed by atoms with Crippen molar-refractivity contribution in [3.63, 3.8) is 0 Å². The lowest BCUT2D eigenvalue weighted by Crippen LogP contribution is -2.34. The number of allylic oxidation sites excluding steroid dienone is 3. The van der Waals surface area contributed by atoms with Crippen molar-refractivity contribution < 1.29 is 23.7 Å². The van der Waals surface area contributed by atoms with Gasteiger partial charge in [-0.1, -0.05) is 23.3 Å². The van der Waals surface area contributed by atoms with Gasteiger partial charge in [-0.3, -0.25) is 0 Å². The maximum Gasteiger partial charge on any atom is 0.340 e. The van der Waals surface area contributed by atoms with Crippen molar-refractivity contribution in [2.45, 2.75) is 84.2 Å². The standard InChI is InChI=1S/C22H34O5/c1-15(11-12-18-21(4,5)26-18)9-8-10-16(2)13-14-22(25-7)19(24-6)17(3)20(23)27-22/h9,13,18H,8,10-12,14H2,1-7H3. The largest absolute Gasteiger partial charge is 0.494 e. The maximum absolute atomic E-state index is 11.9. The lowest BCUT2D eigenvalue weighted by Gasteiger charge is -2.27. The van der Waals surface area contributed by atoms with Gasteiger partial charge in [-0.25, -0.2) is 4.79 Å². The topological polar surface area (TPSA) is 57.3 Å². The van der Waals surface area contributed by atoms with Gasteiger partial charge in [0, 0.05) is 13.5 Å². The molecule has 0 spiro atoms. The molecule has 2 rings (SSSR count). The smallest absolute Gasteiger partial charge is 0.340 e. The predicted octanol–water partition coefficient (Wildman–Crippen LogP) is 4.83. The summed E-state index contributed by atoms with van der Waals surface area (Å²) in [4.78, 5) is 11.9. The van der Waals surface area contributed by atoms with Crippen LogP contribution < -0.4 is 0 Å². The minimum absolute atomic E-state index is 0.0778. The van der Waals surface area contributed by atoms with E-state index in [0.29, 0.717) is 23.9 Å². The zero-order valence-corrected chi connectivity index (χ0v) is 17.8. The van der Waals surface area contributed by atoms with Crippen molar-refractivity contribution in [2.75, 3.05) is 14.2 Å². The van der Waals surface area contributed by atoms with Gasteiger partial charge in [0.25, 0.3) is 5.79 Å². The fourth-order valence-corrected chi connectivity index (χ4v) is 3.47. The van der Waals surface area contributed by atoms with Gasteiger partial charge in [0.15, 0.2) is 5.76 Å². The molecule has 5 nitrogen and oxygen atoms in total. The maximum atomic E-state index is 11.9. The molecule has 2 aliphatic rings. The minimum atomic E-state index is -1.14. The van der Waals surface area contributed by atoms with E-state index in [1.54, 1.807) is 6.92 Å². The Morgan fingerprint density at radius 3 is 2.33 bits per heavy atom. The molecule has 0 N–H and O–H groups in total. The molecule has 152 valence electrons. The van der Waals surface area contributed by atoms with Crippen LogP contribution in [0.5, 0.6) is 0 Å². The number of carbonyl (C=O) groups is 1. The van der Waals surface area contributed by atoms with Gasteiger partial charge in [-0.2, -0.15) is 0 Å². The molecule has 2 aliphatic heterocycles. The summed E-state index contributed by atoms with van der Waals surface area (Å²) in [6, 6.07) is 0. The number of hydrogen-bond donors (Lipinski definition) is 0. The first-order valence-corrected chi connectivity index (χ1v) is 9.68. The molecule has 0 aromatic heterocycles. The average molecular weight is 379 g/mol. The van der Waals surface area contributed by atoms with Crippen molar-refractivity contribution in [1.29, 1.82) is 0 Å². The molecule has 0 amide bonds. The molecule has 0 radical (unpaired) electrons. The van der Waals surface area contributed by atoms with E-state index in [1.165, 1.54) is 25.4 Å². The second kappa shape index (κ2) is 8.61. The highest BCUT2D eigenvalue weighted by molar-refractivity contribution is 5.91. The molecule has 1 fully saturated rings. The number of methoxy groups -OCH3 is 2. The Bertz CT molecular complexity index is 656. The van der Waals surface area contributed by atoms with Crippen LogP contribution in [0.2, 0.25) is 0 Å². The van der Waals surface area contributed by atoms with Gasteiger partial charge in [0.1, 0.15) is 0 Å². The molecule has 2 heterocycles. The van der Waals surface area contributed by atoms with Gasteiger partial charge in [-0.15, -0.1) is 0 Å². The Morgan fingerprint density at radius 1 is 1.15 bits per heavy atom. The number of hydrogen-bond acceptors (Lipinski definition) is 5. The van der Waals surface area contributed by atoms with E-state index in [-0.39, 0.29) is 11.6 Å². The Labute approximate surface area is 163 Å². The first kappa shape index (κ1) is 21.7. The Morgan fingerprint density at radius 2 is 1.78 bits per heavy atom. The van der Waals surface area contributed by atoms with Crippen molar-refractivity contribution in [3.05, 3.63) is 34.6 Å². The highest BCUT2D eigenvalue weighted by Crippen LogP contribution is 2.39. The molecule has 2 atom stereocenters. The normalized spacial score (nSPS) is 27.8. The third kappa shape index (κ3) is 5.23. The number of epoxide rings is 1. The van der Waals surface area contributed by atoms with Crippen molar-refractivity contribution in [1.82, 2.24) is 0 Å². The molecule has 27 heavy (non-hydrogen) atoms. The van der Waals surface area contributed by atoms with Crippen LogP contribution in [0, 0.1) is 0 Å². The van der Waals surface area contributed by atoms with Gasteiger partial charge < -0.3 is 18.9 Å². The Kier molecular flexibility index (Phi) is 6.92. The summed E-state index contributed by atoms with van der Waals surface area (Å²) in [6.45, 7) is 10.3. The first-order valence-electron chi connectivity index (χ1n) is 9.68. The van der Waals surface area contributed by atoms with E-state index in [4.69, 9.17) is 18.9 Å². The zero-order chi connectivity index (χ0) is 20.2. The average Bonchev–Trinajstić information content (AvgIpc) is 3.15. The van der Waals surface area contributed by atoms with Gasteiger partial charge in [-0.05, 0) is 60.3 Å². The van der Waals surface area contributed by atoms with Crippen LogP contribution in [-0.4, -0.2) is 37.7 Å². The third-order valence-corrected chi connectivity index (χ3v) is 5.50. The summed E-state index contributed by atoms with van der Waals surface area (Å²) in [5, 5.41) is 0. The molecule has 0 aromatic carbocycles.